The maximum absolute atomic E-state index is 12.0. The molecule has 0 bridgehead atoms. The predicted octanol–water partition coefficient (Wildman–Crippen LogP) is 8.33. The molecule has 0 aliphatic heterocycles. The standard InChI is InChI=1S/C25H36O6.9C2H4O/c1-6-7-8-9-10-11-15-18-25(19-28-23(26)20(2)3,31-30-24(27)21(4)5)29-22-16-13-12-14-17-22;9*1-2-3/h12-14,16-17H,2,4,6-11,15,18-19H2,1,3,5H3;9*1-2H2. The van der Waals surface area contributed by atoms with Crippen LogP contribution in [0.1, 0.15) is 72.1 Å². The monoisotopic (exact) mass is 828 g/mol. The van der Waals surface area contributed by atoms with Gasteiger partial charge in [-0.05, 0) is 94.7 Å². The molecule has 0 heterocycles. The number of unbranched alkanes of at least 4 members (excludes halogenated alkanes) is 6. The molecule has 0 N–H and O–H groups in total. The minimum Gasteiger partial charge on any atom is -0.455 e. The van der Waals surface area contributed by atoms with Crippen LogP contribution in [-0.2, 0) is 70.1 Å². The quantitative estimate of drug-likeness (QED) is 0.0395. The van der Waals surface area contributed by atoms with E-state index in [1.165, 1.54) is 26.2 Å². The van der Waals surface area contributed by atoms with E-state index in [9.17, 15) is 9.59 Å². The first kappa shape index (κ1) is 75.8. The summed E-state index contributed by atoms with van der Waals surface area (Å²) in [5.74, 6) is -2.27. The van der Waals surface area contributed by atoms with Gasteiger partial charge in [0, 0.05) is 17.6 Å². The van der Waals surface area contributed by atoms with Crippen molar-refractivity contribution in [3.8, 4) is 5.75 Å². The van der Waals surface area contributed by atoms with Gasteiger partial charge in [-0.2, -0.15) is 0 Å². The largest absolute Gasteiger partial charge is 0.455 e. The second kappa shape index (κ2) is 74.9. The summed E-state index contributed by atoms with van der Waals surface area (Å²) in [7, 11) is 0. The number of rotatable bonds is 16. The Balaban J connectivity index is -0.000000103. The molecular weight excluding hydrogens is 756 g/mol. The van der Waals surface area contributed by atoms with Crippen LogP contribution in [0.2, 0.25) is 0 Å². The molecular formula is C43H72O15. The van der Waals surface area contributed by atoms with Gasteiger partial charge in [-0.3, -0.25) is 4.89 Å². The maximum Gasteiger partial charge on any atom is 0.368 e. The average molecular weight is 829 g/mol. The highest BCUT2D eigenvalue weighted by molar-refractivity contribution is 5.87. The highest BCUT2D eigenvalue weighted by Crippen LogP contribution is 2.27. The van der Waals surface area contributed by atoms with Crippen LogP contribution in [0.4, 0.5) is 0 Å². The van der Waals surface area contributed by atoms with Crippen LogP contribution in [0.5, 0.6) is 5.75 Å². The SMILES string of the molecule is C=C(C)C(=O)OCC(CCCCCCCCC)(OOC(=O)C(=C)C)Oc1ccccc1.[CH2]C[O].[CH2]C[O].[CH2]C[O].[CH2]C[O].[CH2]C[O].[CH2]C[O].[CH2]C[O].[CH2]C[O].[CH2]C[O]. The van der Waals surface area contributed by atoms with E-state index in [1.807, 2.05) is 18.2 Å². The lowest BCUT2D eigenvalue weighted by atomic mass is 10.0. The van der Waals surface area contributed by atoms with E-state index >= 15 is 0 Å². The van der Waals surface area contributed by atoms with Crippen molar-refractivity contribution in [2.75, 3.05) is 66.1 Å². The molecule has 0 aromatic heterocycles. The van der Waals surface area contributed by atoms with Gasteiger partial charge in [0.1, 0.15) is 5.75 Å². The van der Waals surface area contributed by atoms with Crippen molar-refractivity contribution in [2.24, 2.45) is 0 Å². The van der Waals surface area contributed by atoms with Crippen LogP contribution in [0.25, 0.3) is 0 Å². The maximum atomic E-state index is 12.0. The van der Waals surface area contributed by atoms with Gasteiger partial charge in [0.2, 0.25) is 0 Å². The van der Waals surface area contributed by atoms with Gasteiger partial charge in [-0.25, -0.2) is 55.5 Å². The summed E-state index contributed by atoms with van der Waals surface area (Å²) in [6.45, 7) is 36.3. The number of carbonyl (C=O) groups excluding carboxylic acids is 2. The van der Waals surface area contributed by atoms with E-state index < -0.39 is 17.7 Å². The zero-order chi connectivity index (χ0) is 47.5. The molecule has 1 rings (SSSR count). The predicted molar refractivity (Wildman–Crippen MR) is 218 cm³/mol. The lowest BCUT2D eigenvalue weighted by Gasteiger charge is -2.31. The first-order valence-corrected chi connectivity index (χ1v) is 18.0. The van der Waals surface area contributed by atoms with Gasteiger partial charge >= 0.3 is 11.9 Å². The molecule has 0 fully saturated rings. The zero-order valence-electron chi connectivity index (χ0n) is 35.5. The molecule has 0 aliphatic rings. The molecule has 58 heavy (non-hydrogen) atoms. The zero-order valence-corrected chi connectivity index (χ0v) is 35.5. The lowest BCUT2D eigenvalue weighted by molar-refractivity contribution is -0.391. The molecule has 0 aliphatic carbocycles. The van der Waals surface area contributed by atoms with Crippen LogP contribution >= 0.6 is 0 Å². The fourth-order valence-corrected chi connectivity index (χ4v) is 2.77. The second-order valence-corrected chi connectivity index (χ2v) is 9.63. The van der Waals surface area contributed by atoms with E-state index in [-0.39, 0.29) is 77.2 Å². The summed E-state index contributed by atoms with van der Waals surface area (Å²) < 4.78 is 11.4. The molecule has 1 atom stereocenters. The first-order chi connectivity index (χ1) is 27.5. The van der Waals surface area contributed by atoms with Crippen molar-refractivity contribution in [1.29, 1.82) is 0 Å². The molecule has 0 spiro atoms. The Hall–Kier alpha value is -2.96. The number of hydrogen-bond donors (Lipinski definition) is 0. The highest BCUT2D eigenvalue weighted by Gasteiger charge is 2.39. The molecule has 1 unspecified atom stereocenters. The van der Waals surface area contributed by atoms with Crippen LogP contribution < -0.4 is 4.74 Å². The summed E-state index contributed by atoms with van der Waals surface area (Å²) in [4.78, 5) is 34.4. The third-order valence-corrected chi connectivity index (χ3v) is 4.60. The number of hydrogen-bond acceptors (Lipinski definition) is 6. The number of para-hydroxylation sites is 1. The number of carbonyl (C=O) groups is 2. The highest BCUT2D eigenvalue weighted by atomic mass is 17.2. The van der Waals surface area contributed by atoms with Crippen LogP contribution in [0.3, 0.4) is 0 Å². The molecule has 1 aromatic rings. The first-order valence-electron chi connectivity index (χ1n) is 18.0. The van der Waals surface area contributed by atoms with Crippen molar-refractivity contribution in [2.45, 2.75) is 77.9 Å². The van der Waals surface area contributed by atoms with E-state index in [4.69, 9.17) is 65.2 Å². The van der Waals surface area contributed by atoms with Gasteiger partial charge in [-0.1, -0.05) is 76.8 Å². The van der Waals surface area contributed by atoms with Gasteiger partial charge in [0.25, 0.3) is 5.79 Å². The number of benzene rings is 1. The van der Waals surface area contributed by atoms with E-state index in [0.717, 1.165) is 25.7 Å². The van der Waals surface area contributed by atoms with Crippen LogP contribution in [-0.4, -0.2) is 83.8 Å². The smallest absolute Gasteiger partial charge is 0.368 e. The Kier molecular flexibility index (Phi) is 98.0. The Labute approximate surface area is 352 Å². The van der Waals surface area contributed by atoms with Crippen molar-refractivity contribution >= 4 is 11.9 Å². The van der Waals surface area contributed by atoms with Crippen molar-refractivity contribution < 1.29 is 74.8 Å². The van der Waals surface area contributed by atoms with Gasteiger partial charge in [-0.15, -0.1) is 4.89 Å². The Morgan fingerprint density at radius 1 is 0.517 bits per heavy atom. The van der Waals surface area contributed by atoms with E-state index in [1.54, 1.807) is 19.1 Å². The number of ether oxygens (including phenoxy) is 2. The topological polar surface area (TPSA) is 250 Å². The normalized spacial score (nSPS) is 9.47. The molecule has 1 aromatic carbocycles. The summed E-state index contributed by atoms with van der Waals surface area (Å²) in [6.07, 6.45) is 7.95. The molecule has 0 amide bonds. The Bertz CT molecular complexity index is 812. The van der Waals surface area contributed by atoms with E-state index in [2.05, 4.69) is 82.4 Å². The average Bonchev–Trinajstić information content (AvgIpc) is 3.16. The minimum absolute atomic E-state index is 0.184. The molecule has 15 nitrogen and oxygen atoms in total. The van der Waals surface area contributed by atoms with Gasteiger partial charge < -0.3 is 9.47 Å². The summed E-state index contributed by atoms with van der Waals surface area (Å²) in [5.41, 5.74) is 0.437. The van der Waals surface area contributed by atoms with Crippen molar-refractivity contribution in [1.82, 2.24) is 0 Å². The molecule has 0 saturated carbocycles. The van der Waals surface area contributed by atoms with E-state index in [0.29, 0.717) is 12.2 Å². The summed E-state index contributed by atoms with van der Waals surface area (Å²) in [6, 6.07) is 8.99. The van der Waals surface area contributed by atoms with Crippen molar-refractivity contribution in [3.63, 3.8) is 0 Å². The lowest BCUT2D eigenvalue weighted by Crippen LogP contribution is -2.45. The van der Waals surface area contributed by atoms with Crippen LogP contribution in [0.15, 0.2) is 54.6 Å². The van der Waals surface area contributed by atoms with Gasteiger partial charge in [0.15, 0.2) is 6.61 Å². The second-order valence-electron chi connectivity index (χ2n) is 9.63. The fourth-order valence-electron chi connectivity index (χ4n) is 2.77. The third-order valence-electron chi connectivity index (χ3n) is 4.60. The summed E-state index contributed by atoms with van der Waals surface area (Å²) >= 11 is 0. The van der Waals surface area contributed by atoms with Gasteiger partial charge in [0.05, 0.1) is 59.5 Å². The fraction of sp³-hybridized carbons (Fsp3) is 0.512. The number of esters is 1. The van der Waals surface area contributed by atoms with Crippen LogP contribution in [0, 0.1) is 62.3 Å². The third kappa shape index (κ3) is 89.6. The Morgan fingerprint density at radius 2 is 0.828 bits per heavy atom. The molecule has 0 saturated heterocycles. The molecule has 15 heteroatoms. The molecule has 334 valence electrons. The summed E-state index contributed by atoms with van der Waals surface area (Å²) in [5, 5.41) is 79.4. The molecule has 18 radical (unpaired) electrons. The van der Waals surface area contributed by atoms with Crippen molar-refractivity contribution in [3.05, 3.63) is 117 Å². The minimum atomic E-state index is -1.49. The Morgan fingerprint density at radius 3 is 1.14 bits per heavy atom.